The summed E-state index contributed by atoms with van der Waals surface area (Å²) >= 11 is 3.36. The highest BCUT2D eigenvalue weighted by molar-refractivity contribution is 9.10. The lowest BCUT2D eigenvalue weighted by Crippen LogP contribution is -2.34. The van der Waals surface area contributed by atoms with Gasteiger partial charge in [-0.15, -0.1) is 0 Å². The molecule has 0 saturated heterocycles. The Bertz CT molecular complexity index is 410. The number of nitrogens with zero attached hydrogens (tertiary/aromatic N) is 1. The van der Waals surface area contributed by atoms with E-state index >= 15 is 0 Å². The Morgan fingerprint density at radius 3 is 3.06 bits per heavy atom. The highest BCUT2D eigenvalue weighted by Gasteiger charge is 2.25. The van der Waals surface area contributed by atoms with Gasteiger partial charge in [0, 0.05) is 24.4 Å². The first-order valence-electron chi connectivity index (χ1n) is 5.83. The quantitative estimate of drug-likeness (QED) is 0.880. The number of nitrogens with one attached hydrogen (secondary N) is 1. The third-order valence-electron chi connectivity index (χ3n) is 3.12. The Labute approximate surface area is 109 Å². The molecular formula is C12H16BrN3O. The maximum atomic E-state index is 12.1. The van der Waals surface area contributed by atoms with Crippen molar-refractivity contribution in [3.8, 4) is 0 Å². The van der Waals surface area contributed by atoms with E-state index in [1.54, 1.807) is 18.5 Å². The number of pyridine rings is 1. The number of hydrogen-bond acceptors (Lipinski definition) is 3. The molecular weight excluding hydrogens is 282 g/mol. The maximum Gasteiger partial charge on any atom is 0.227 e. The summed E-state index contributed by atoms with van der Waals surface area (Å²) in [6.07, 6.45) is 7.12. The van der Waals surface area contributed by atoms with E-state index in [-0.39, 0.29) is 17.9 Å². The lowest BCUT2D eigenvalue weighted by Gasteiger charge is -2.25. The summed E-state index contributed by atoms with van der Waals surface area (Å²) in [5.41, 5.74) is 6.65. The smallest absolute Gasteiger partial charge is 0.227 e. The summed E-state index contributed by atoms with van der Waals surface area (Å²) in [7, 11) is 0. The fourth-order valence-corrected chi connectivity index (χ4v) is 2.53. The van der Waals surface area contributed by atoms with E-state index in [1.165, 1.54) is 0 Å². The summed E-state index contributed by atoms with van der Waals surface area (Å²) < 4.78 is 0.799. The molecule has 17 heavy (non-hydrogen) atoms. The normalized spacial score (nSPS) is 24.4. The summed E-state index contributed by atoms with van der Waals surface area (Å²) in [5.74, 6) is 0.103. The van der Waals surface area contributed by atoms with Crippen LogP contribution in [0.15, 0.2) is 22.9 Å². The van der Waals surface area contributed by atoms with Crippen LogP contribution in [-0.4, -0.2) is 16.9 Å². The van der Waals surface area contributed by atoms with Crippen LogP contribution < -0.4 is 11.1 Å². The number of halogens is 1. The van der Waals surface area contributed by atoms with E-state index in [2.05, 4.69) is 26.2 Å². The monoisotopic (exact) mass is 297 g/mol. The Morgan fingerprint density at radius 1 is 1.53 bits per heavy atom. The van der Waals surface area contributed by atoms with Gasteiger partial charge in [0.15, 0.2) is 0 Å². The molecule has 0 radical (unpaired) electrons. The number of nitrogens with two attached hydrogens (primary N) is 1. The van der Waals surface area contributed by atoms with Crippen molar-refractivity contribution >= 4 is 27.5 Å². The van der Waals surface area contributed by atoms with E-state index in [0.29, 0.717) is 0 Å². The van der Waals surface area contributed by atoms with Gasteiger partial charge in [0.25, 0.3) is 0 Å². The fraction of sp³-hybridized carbons (Fsp3) is 0.500. The molecule has 92 valence electrons. The van der Waals surface area contributed by atoms with E-state index in [4.69, 9.17) is 5.73 Å². The lowest BCUT2D eigenvalue weighted by atomic mass is 9.85. The topological polar surface area (TPSA) is 68.0 Å². The van der Waals surface area contributed by atoms with Gasteiger partial charge in [0.2, 0.25) is 5.91 Å². The first-order valence-corrected chi connectivity index (χ1v) is 6.62. The van der Waals surface area contributed by atoms with Gasteiger partial charge in [-0.3, -0.25) is 9.78 Å². The predicted molar refractivity (Wildman–Crippen MR) is 70.5 cm³/mol. The molecule has 5 heteroatoms. The highest BCUT2D eigenvalue weighted by atomic mass is 79.9. The molecule has 1 fully saturated rings. The number of anilines is 1. The number of carbonyl (C=O) groups is 1. The van der Waals surface area contributed by atoms with Crippen molar-refractivity contribution in [2.45, 2.75) is 31.7 Å². The number of rotatable bonds is 2. The van der Waals surface area contributed by atoms with Gasteiger partial charge >= 0.3 is 0 Å². The minimum atomic E-state index is 0.0406. The molecule has 1 aliphatic carbocycles. The van der Waals surface area contributed by atoms with Crippen LogP contribution in [0, 0.1) is 5.92 Å². The van der Waals surface area contributed by atoms with Crippen molar-refractivity contribution < 1.29 is 4.79 Å². The van der Waals surface area contributed by atoms with Crippen LogP contribution in [0.4, 0.5) is 5.69 Å². The van der Waals surface area contributed by atoms with Crippen LogP contribution in [-0.2, 0) is 4.79 Å². The van der Waals surface area contributed by atoms with Crippen LogP contribution in [0.2, 0.25) is 0 Å². The molecule has 0 bridgehead atoms. The van der Waals surface area contributed by atoms with E-state index in [0.717, 1.165) is 35.8 Å². The summed E-state index contributed by atoms with van der Waals surface area (Å²) in [6, 6.07) is 1.95. The average molecular weight is 298 g/mol. The van der Waals surface area contributed by atoms with Crippen molar-refractivity contribution in [2.75, 3.05) is 5.32 Å². The van der Waals surface area contributed by atoms with Crippen molar-refractivity contribution in [3.05, 3.63) is 22.9 Å². The standard InChI is InChI=1S/C12H16BrN3O/c13-10-7-15-5-4-11(10)16-12(17)8-2-1-3-9(14)6-8/h4-5,7-9H,1-3,6,14H2,(H,15,16,17). The van der Waals surface area contributed by atoms with Gasteiger partial charge < -0.3 is 11.1 Å². The molecule has 4 nitrogen and oxygen atoms in total. The molecule has 1 aliphatic rings. The first kappa shape index (κ1) is 12.5. The van der Waals surface area contributed by atoms with Crippen molar-refractivity contribution in [1.29, 1.82) is 0 Å². The van der Waals surface area contributed by atoms with Crippen LogP contribution >= 0.6 is 15.9 Å². The summed E-state index contributed by atoms with van der Waals surface area (Å²) in [6.45, 7) is 0. The van der Waals surface area contributed by atoms with Crippen LogP contribution in [0.25, 0.3) is 0 Å². The number of aromatic nitrogens is 1. The van der Waals surface area contributed by atoms with Crippen LogP contribution in [0.5, 0.6) is 0 Å². The maximum absolute atomic E-state index is 12.1. The molecule has 3 N–H and O–H groups in total. The molecule has 2 unspecified atom stereocenters. The van der Waals surface area contributed by atoms with E-state index < -0.39 is 0 Å². The molecule has 1 saturated carbocycles. The third-order valence-corrected chi connectivity index (χ3v) is 3.75. The Morgan fingerprint density at radius 2 is 2.35 bits per heavy atom. The Kier molecular flexibility index (Phi) is 4.12. The molecule has 1 amide bonds. The number of amides is 1. The average Bonchev–Trinajstić information content (AvgIpc) is 2.32. The predicted octanol–water partition coefficient (Wildman–Crippen LogP) is 2.30. The van der Waals surface area contributed by atoms with E-state index in [9.17, 15) is 4.79 Å². The lowest BCUT2D eigenvalue weighted by molar-refractivity contribution is -0.120. The summed E-state index contributed by atoms with van der Waals surface area (Å²) in [4.78, 5) is 16.0. The molecule has 0 aliphatic heterocycles. The molecule has 1 aromatic heterocycles. The van der Waals surface area contributed by atoms with Crippen molar-refractivity contribution in [2.24, 2.45) is 11.7 Å². The molecule has 0 spiro atoms. The Balaban J connectivity index is 1.99. The molecule has 0 aromatic carbocycles. The van der Waals surface area contributed by atoms with Crippen LogP contribution in [0.3, 0.4) is 0 Å². The second kappa shape index (κ2) is 5.60. The number of carbonyl (C=O) groups excluding carboxylic acids is 1. The van der Waals surface area contributed by atoms with Crippen molar-refractivity contribution in [3.63, 3.8) is 0 Å². The Hall–Kier alpha value is -0.940. The number of hydrogen-bond donors (Lipinski definition) is 2. The van der Waals surface area contributed by atoms with Gasteiger partial charge in [-0.1, -0.05) is 6.42 Å². The summed E-state index contributed by atoms with van der Waals surface area (Å²) in [5, 5.41) is 2.92. The van der Waals surface area contributed by atoms with Crippen LogP contribution in [0.1, 0.15) is 25.7 Å². The highest BCUT2D eigenvalue weighted by Crippen LogP contribution is 2.26. The molecule has 2 atom stereocenters. The fourth-order valence-electron chi connectivity index (χ4n) is 2.18. The van der Waals surface area contributed by atoms with Crippen molar-refractivity contribution in [1.82, 2.24) is 4.98 Å². The second-order valence-corrected chi connectivity index (χ2v) is 5.32. The zero-order chi connectivity index (χ0) is 12.3. The zero-order valence-corrected chi connectivity index (χ0v) is 11.1. The largest absolute Gasteiger partial charge is 0.328 e. The van der Waals surface area contributed by atoms with Gasteiger partial charge in [0.1, 0.15) is 0 Å². The molecule has 2 rings (SSSR count). The van der Waals surface area contributed by atoms with Gasteiger partial charge in [-0.2, -0.15) is 0 Å². The first-order chi connectivity index (χ1) is 8.16. The molecule has 1 aromatic rings. The van der Waals surface area contributed by atoms with Gasteiger partial charge in [-0.25, -0.2) is 0 Å². The van der Waals surface area contributed by atoms with Gasteiger partial charge in [-0.05, 0) is 41.3 Å². The molecule has 1 heterocycles. The third kappa shape index (κ3) is 3.26. The minimum absolute atomic E-state index is 0.0406. The zero-order valence-electron chi connectivity index (χ0n) is 9.53. The van der Waals surface area contributed by atoms with E-state index in [1.807, 2.05) is 0 Å². The SMILES string of the molecule is NC1CCCC(C(=O)Nc2ccncc2Br)C1. The second-order valence-electron chi connectivity index (χ2n) is 4.47. The minimum Gasteiger partial charge on any atom is -0.328 e. The van der Waals surface area contributed by atoms with Gasteiger partial charge in [0.05, 0.1) is 10.2 Å².